The third kappa shape index (κ3) is 5.34. The molecule has 140 valence electrons. The van der Waals surface area contributed by atoms with Crippen LogP contribution < -0.4 is 15.4 Å². The average Bonchev–Trinajstić information content (AvgIpc) is 2.64. The van der Waals surface area contributed by atoms with Gasteiger partial charge in [-0.05, 0) is 68.7 Å². The summed E-state index contributed by atoms with van der Waals surface area (Å²) in [6, 6.07) is 10.1. The molecule has 0 aromatic heterocycles. The fourth-order valence-corrected chi connectivity index (χ4v) is 3.56. The zero-order chi connectivity index (χ0) is 18.4. The Labute approximate surface area is 163 Å². The SMILES string of the molecule is Fc1cccc(Cl)c1COc1ccc(Cl)cc1CNCC1CCNCC1. The van der Waals surface area contributed by atoms with Gasteiger partial charge in [-0.25, -0.2) is 4.39 Å². The predicted octanol–water partition coefficient (Wildman–Crippen LogP) is 4.80. The lowest BCUT2D eigenvalue weighted by Crippen LogP contribution is -2.33. The van der Waals surface area contributed by atoms with Crippen LogP contribution in [0.15, 0.2) is 36.4 Å². The lowest BCUT2D eigenvalue weighted by Gasteiger charge is -2.23. The molecule has 2 N–H and O–H groups in total. The van der Waals surface area contributed by atoms with Crippen LogP contribution in [-0.2, 0) is 13.2 Å². The van der Waals surface area contributed by atoms with Crippen molar-refractivity contribution in [3.05, 3.63) is 63.4 Å². The lowest BCUT2D eigenvalue weighted by molar-refractivity contribution is 0.295. The van der Waals surface area contributed by atoms with Crippen LogP contribution in [0.4, 0.5) is 4.39 Å². The number of hydrogen-bond acceptors (Lipinski definition) is 3. The molecule has 3 rings (SSSR count). The summed E-state index contributed by atoms with van der Waals surface area (Å²) in [7, 11) is 0. The molecule has 0 bridgehead atoms. The van der Waals surface area contributed by atoms with Crippen molar-refractivity contribution in [1.82, 2.24) is 10.6 Å². The van der Waals surface area contributed by atoms with Crippen LogP contribution in [0, 0.1) is 11.7 Å². The maximum atomic E-state index is 13.9. The molecule has 1 fully saturated rings. The molecular weight excluding hydrogens is 374 g/mol. The molecule has 0 spiro atoms. The van der Waals surface area contributed by atoms with Gasteiger partial charge in [0.1, 0.15) is 18.2 Å². The predicted molar refractivity (Wildman–Crippen MR) is 104 cm³/mol. The summed E-state index contributed by atoms with van der Waals surface area (Å²) < 4.78 is 19.8. The van der Waals surface area contributed by atoms with Crippen molar-refractivity contribution in [3.8, 4) is 5.75 Å². The number of benzene rings is 2. The van der Waals surface area contributed by atoms with Crippen molar-refractivity contribution in [2.45, 2.75) is 26.0 Å². The third-order valence-electron chi connectivity index (χ3n) is 4.66. The van der Waals surface area contributed by atoms with Crippen LogP contribution in [-0.4, -0.2) is 19.6 Å². The topological polar surface area (TPSA) is 33.3 Å². The number of ether oxygens (including phenoxy) is 1. The Morgan fingerprint density at radius 1 is 1.15 bits per heavy atom. The Hall–Kier alpha value is -1.33. The van der Waals surface area contributed by atoms with Crippen molar-refractivity contribution >= 4 is 23.2 Å². The van der Waals surface area contributed by atoms with E-state index in [9.17, 15) is 4.39 Å². The van der Waals surface area contributed by atoms with Gasteiger partial charge >= 0.3 is 0 Å². The standard InChI is InChI=1S/C20H23Cl2FN2O/c21-16-4-5-20(26-13-17-18(22)2-1-3-19(17)23)15(10-16)12-25-11-14-6-8-24-9-7-14/h1-5,10,14,24-25H,6-9,11-13H2. The van der Waals surface area contributed by atoms with E-state index >= 15 is 0 Å². The van der Waals surface area contributed by atoms with Gasteiger partial charge in [0.05, 0.1) is 5.02 Å². The van der Waals surface area contributed by atoms with E-state index in [0.29, 0.717) is 33.8 Å². The number of nitrogens with one attached hydrogen (secondary N) is 2. The van der Waals surface area contributed by atoms with Crippen molar-refractivity contribution in [2.24, 2.45) is 5.92 Å². The van der Waals surface area contributed by atoms with Gasteiger partial charge in [0.25, 0.3) is 0 Å². The first-order valence-corrected chi connectivity index (χ1v) is 9.64. The van der Waals surface area contributed by atoms with E-state index in [4.69, 9.17) is 27.9 Å². The Morgan fingerprint density at radius 3 is 2.73 bits per heavy atom. The number of hydrogen-bond donors (Lipinski definition) is 2. The Bertz CT molecular complexity index is 715. The second-order valence-electron chi connectivity index (χ2n) is 6.57. The van der Waals surface area contributed by atoms with Crippen LogP contribution in [0.2, 0.25) is 10.0 Å². The summed E-state index contributed by atoms with van der Waals surface area (Å²) in [6.45, 7) is 3.87. The second-order valence-corrected chi connectivity index (χ2v) is 7.41. The first kappa shape index (κ1) is 19.4. The first-order chi connectivity index (χ1) is 12.6. The minimum atomic E-state index is -0.364. The van der Waals surface area contributed by atoms with Gasteiger partial charge in [0.15, 0.2) is 0 Å². The van der Waals surface area contributed by atoms with Gasteiger partial charge in [0, 0.05) is 22.7 Å². The van der Waals surface area contributed by atoms with E-state index in [2.05, 4.69) is 10.6 Å². The summed E-state index contributed by atoms with van der Waals surface area (Å²) >= 11 is 12.2. The molecule has 0 amide bonds. The van der Waals surface area contributed by atoms with Crippen LogP contribution in [0.25, 0.3) is 0 Å². The summed E-state index contributed by atoms with van der Waals surface area (Å²) in [4.78, 5) is 0. The molecule has 0 unspecified atom stereocenters. The van der Waals surface area contributed by atoms with Crippen molar-refractivity contribution < 1.29 is 9.13 Å². The van der Waals surface area contributed by atoms with Gasteiger partial charge in [-0.1, -0.05) is 29.3 Å². The highest BCUT2D eigenvalue weighted by atomic mass is 35.5. The molecular formula is C20H23Cl2FN2O. The molecule has 1 saturated heterocycles. The zero-order valence-electron chi connectivity index (χ0n) is 14.5. The first-order valence-electron chi connectivity index (χ1n) is 8.89. The molecule has 1 aliphatic heterocycles. The Kier molecular flexibility index (Phi) is 7.15. The van der Waals surface area contributed by atoms with Crippen LogP contribution in [0.1, 0.15) is 24.0 Å². The zero-order valence-corrected chi connectivity index (χ0v) is 16.0. The van der Waals surface area contributed by atoms with E-state index in [0.717, 1.165) is 25.2 Å². The molecule has 1 heterocycles. The van der Waals surface area contributed by atoms with Crippen molar-refractivity contribution in [2.75, 3.05) is 19.6 Å². The number of halogens is 3. The molecule has 0 radical (unpaired) electrons. The molecule has 0 saturated carbocycles. The van der Waals surface area contributed by atoms with Gasteiger partial charge < -0.3 is 15.4 Å². The fourth-order valence-electron chi connectivity index (χ4n) is 3.14. The summed E-state index contributed by atoms with van der Waals surface area (Å²) in [5, 5.41) is 7.89. The van der Waals surface area contributed by atoms with Gasteiger partial charge in [-0.3, -0.25) is 0 Å². The fraction of sp³-hybridized carbons (Fsp3) is 0.400. The molecule has 3 nitrogen and oxygen atoms in total. The van der Waals surface area contributed by atoms with Crippen molar-refractivity contribution in [3.63, 3.8) is 0 Å². The van der Waals surface area contributed by atoms with Crippen LogP contribution in [0.5, 0.6) is 5.75 Å². The van der Waals surface area contributed by atoms with Gasteiger partial charge in [0.2, 0.25) is 0 Å². The largest absolute Gasteiger partial charge is 0.488 e. The van der Waals surface area contributed by atoms with Crippen LogP contribution >= 0.6 is 23.2 Å². The normalized spacial score (nSPS) is 15.2. The monoisotopic (exact) mass is 396 g/mol. The average molecular weight is 397 g/mol. The maximum absolute atomic E-state index is 13.9. The van der Waals surface area contributed by atoms with E-state index in [1.165, 1.54) is 18.9 Å². The van der Waals surface area contributed by atoms with Gasteiger partial charge in [-0.2, -0.15) is 0 Å². The smallest absolute Gasteiger partial charge is 0.131 e. The molecule has 2 aromatic rings. The highest BCUT2D eigenvalue weighted by molar-refractivity contribution is 6.31. The van der Waals surface area contributed by atoms with E-state index in [-0.39, 0.29) is 12.4 Å². The highest BCUT2D eigenvalue weighted by Gasteiger charge is 2.14. The summed E-state index contributed by atoms with van der Waals surface area (Å²) in [6.07, 6.45) is 2.38. The summed E-state index contributed by atoms with van der Waals surface area (Å²) in [5.41, 5.74) is 1.32. The molecule has 2 aromatic carbocycles. The van der Waals surface area contributed by atoms with E-state index < -0.39 is 0 Å². The third-order valence-corrected chi connectivity index (χ3v) is 5.25. The van der Waals surface area contributed by atoms with E-state index in [1.807, 2.05) is 12.1 Å². The second kappa shape index (κ2) is 9.56. The minimum Gasteiger partial charge on any atom is -0.488 e. The van der Waals surface area contributed by atoms with Crippen molar-refractivity contribution in [1.29, 1.82) is 0 Å². The highest BCUT2D eigenvalue weighted by Crippen LogP contribution is 2.26. The molecule has 0 atom stereocenters. The van der Waals surface area contributed by atoms with E-state index in [1.54, 1.807) is 18.2 Å². The number of piperidine rings is 1. The summed E-state index contributed by atoms with van der Waals surface area (Å²) in [5.74, 6) is 1.01. The maximum Gasteiger partial charge on any atom is 0.131 e. The molecule has 26 heavy (non-hydrogen) atoms. The molecule has 0 aliphatic carbocycles. The minimum absolute atomic E-state index is 0.0778. The lowest BCUT2D eigenvalue weighted by atomic mass is 9.98. The Morgan fingerprint density at radius 2 is 1.96 bits per heavy atom. The van der Waals surface area contributed by atoms with Gasteiger partial charge in [-0.15, -0.1) is 0 Å². The number of rotatable bonds is 7. The van der Waals surface area contributed by atoms with Crippen LogP contribution in [0.3, 0.4) is 0 Å². The Balaban J connectivity index is 1.62. The quantitative estimate of drug-likeness (QED) is 0.704. The molecule has 1 aliphatic rings. The molecule has 6 heteroatoms.